The Kier molecular flexibility index (Phi) is 3.87. The fourth-order valence-corrected chi connectivity index (χ4v) is 5.02. The lowest BCUT2D eigenvalue weighted by molar-refractivity contribution is 0.650. The Morgan fingerprint density at radius 2 is 1.15 bits per heavy atom. The van der Waals surface area contributed by atoms with Gasteiger partial charge in [-0.25, -0.2) is 0 Å². The fourth-order valence-electron chi connectivity index (χ4n) is 3.03. The third-order valence-electron chi connectivity index (χ3n) is 3.75. The van der Waals surface area contributed by atoms with Crippen molar-refractivity contribution in [2.24, 2.45) is 11.8 Å². The van der Waals surface area contributed by atoms with Gasteiger partial charge in [0, 0.05) is 9.40 Å². The monoisotopic (exact) mass is 302 g/mol. The largest absolute Gasteiger partial charge is 0.143 e. The van der Waals surface area contributed by atoms with Crippen LogP contribution in [0, 0.1) is 11.8 Å². The predicted molar refractivity (Wildman–Crippen MR) is 94.3 cm³/mol. The maximum atomic E-state index is 2.33. The zero-order chi connectivity index (χ0) is 14.3. The quantitative estimate of drug-likeness (QED) is 0.515. The molecule has 0 N–H and O–H groups in total. The molecule has 0 saturated carbocycles. The zero-order valence-corrected chi connectivity index (χ0v) is 14.3. The Morgan fingerprint density at radius 1 is 0.750 bits per heavy atom. The number of rotatable bonds is 4. The molecule has 0 bridgehead atoms. The van der Waals surface area contributed by atoms with Crippen LogP contribution in [0.3, 0.4) is 0 Å². The van der Waals surface area contributed by atoms with Crippen molar-refractivity contribution in [1.82, 2.24) is 0 Å². The molecule has 2 heterocycles. The van der Waals surface area contributed by atoms with Gasteiger partial charge < -0.3 is 0 Å². The lowest BCUT2D eigenvalue weighted by atomic mass is 9.92. The normalized spacial score (nSPS) is 12.3. The SMILES string of the molecule is CC(C)Cc1c2ccsc2c(CC(C)C)c2ccsc12. The maximum absolute atomic E-state index is 2.33. The number of hydrogen-bond donors (Lipinski definition) is 0. The van der Waals surface area contributed by atoms with E-state index in [4.69, 9.17) is 0 Å². The van der Waals surface area contributed by atoms with Gasteiger partial charge in [0.25, 0.3) is 0 Å². The van der Waals surface area contributed by atoms with E-state index < -0.39 is 0 Å². The van der Waals surface area contributed by atoms with E-state index in [9.17, 15) is 0 Å². The fraction of sp³-hybridized carbons (Fsp3) is 0.444. The molecule has 0 fully saturated rings. The number of benzene rings is 1. The molecule has 0 aliphatic heterocycles. The number of fused-ring (bicyclic) bond motifs is 2. The van der Waals surface area contributed by atoms with Gasteiger partial charge in [0.2, 0.25) is 0 Å². The third-order valence-corrected chi connectivity index (χ3v) is 5.70. The molecule has 3 rings (SSSR count). The molecule has 0 nitrogen and oxygen atoms in total. The highest BCUT2D eigenvalue weighted by molar-refractivity contribution is 7.19. The van der Waals surface area contributed by atoms with Gasteiger partial charge in [-0.05, 0) is 69.5 Å². The minimum atomic E-state index is 0.708. The summed E-state index contributed by atoms with van der Waals surface area (Å²) in [5.41, 5.74) is 3.16. The van der Waals surface area contributed by atoms with Crippen LogP contribution in [0.15, 0.2) is 22.9 Å². The first-order chi connectivity index (χ1) is 9.58. The van der Waals surface area contributed by atoms with Crippen molar-refractivity contribution in [3.05, 3.63) is 34.0 Å². The molecule has 0 atom stereocenters. The summed E-state index contributed by atoms with van der Waals surface area (Å²) in [6, 6.07) is 4.67. The van der Waals surface area contributed by atoms with Gasteiger partial charge in [0.15, 0.2) is 0 Å². The van der Waals surface area contributed by atoms with E-state index in [1.165, 1.54) is 33.0 Å². The van der Waals surface area contributed by atoms with Gasteiger partial charge in [-0.1, -0.05) is 27.7 Å². The molecule has 0 spiro atoms. The molecule has 0 unspecified atom stereocenters. The second kappa shape index (κ2) is 5.50. The second-order valence-corrected chi connectivity index (χ2v) is 8.31. The van der Waals surface area contributed by atoms with Crippen molar-refractivity contribution < 1.29 is 0 Å². The molecule has 0 saturated heterocycles. The summed E-state index contributed by atoms with van der Waals surface area (Å²) in [5, 5.41) is 7.55. The molecule has 2 heteroatoms. The molecule has 1 aromatic carbocycles. The highest BCUT2D eigenvalue weighted by Gasteiger charge is 2.17. The Hall–Kier alpha value is -0.860. The Labute approximate surface area is 129 Å². The van der Waals surface area contributed by atoms with Crippen LogP contribution >= 0.6 is 22.7 Å². The summed E-state index contributed by atoms with van der Waals surface area (Å²) in [6.45, 7) is 9.28. The van der Waals surface area contributed by atoms with E-state index in [0.29, 0.717) is 11.8 Å². The second-order valence-electron chi connectivity index (χ2n) is 6.48. The van der Waals surface area contributed by atoms with Crippen LogP contribution in [0.25, 0.3) is 20.2 Å². The van der Waals surface area contributed by atoms with Crippen LogP contribution < -0.4 is 0 Å². The smallest absolute Gasteiger partial charge is 0.0384 e. The first-order valence-electron chi connectivity index (χ1n) is 7.46. The van der Waals surface area contributed by atoms with Gasteiger partial charge in [-0.15, -0.1) is 22.7 Å². The van der Waals surface area contributed by atoms with Crippen molar-refractivity contribution in [2.75, 3.05) is 0 Å². The van der Waals surface area contributed by atoms with E-state index in [1.807, 2.05) is 22.7 Å². The van der Waals surface area contributed by atoms with Crippen molar-refractivity contribution in [3.8, 4) is 0 Å². The molecule has 0 amide bonds. The molecule has 106 valence electrons. The summed E-state index contributed by atoms with van der Waals surface area (Å²) < 4.78 is 3.06. The van der Waals surface area contributed by atoms with Crippen LogP contribution in [-0.2, 0) is 12.8 Å². The van der Waals surface area contributed by atoms with E-state index >= 15 is 0 Å². The van der Waals surface area contributed by atoms with Gasteiger partial charge >= 0.3 is 0 Å². The maximum Gasteiger partial charge on any atom is 0.0384 e. The summed E-state index contributed by atoms with van der Waals surface area (Å²) in [4.78, 5) is 0. The molecule has 20 heavy (non-hydrogen) atoms. The first-order valence-corrected chi connectivity index (χ1v) is 9.22. The average molecular weight is 303 g/mol. The van der Waals surface area contributed by atoms with Crippen LogP contribution in [0.4, 0.5) is 0 Å². The lowest BCUT2D eigenvalue weighted by Crippen LogP contribution is -1.99. The molecule has 2 aromatic heterocycles. The lowest BCUT2D eigenvalue weighted by Gasteiger charge is -2.14. The van der Waals surface area contributed by atoms with E-state index in [0.717, 1.165) is 0 Å². The van der Waals surface area contributed by atoms with Crippen LogP contribution in [0.1, 0.15) is 38.8 Å². The molecule has 3 aromatic rings. The predicted octanol–water partition coefficient (Wildman–Crippen LogP) is 6.51. The van der Waals surface area contributed by atoms with E-state index in [1.54, 1.807) is 11.1 Å². The Bertz CT molecular complexity index is 618. The van der Waals surface area contributed by atoms with Crippen molar-refractivity contribution in [2.45, 2.75) is 40.5 Å². The average Bonchev–Trinajstić information content (AvgIpc) is 3.01. The standard InChI is InChI=1S/C18H22S2/c1-11(2)9-15-13-5-7-20-18(13)16(10-12(3)4)14-6-8-19-17(14)15/h5-8,11-12H,9-10H2,1-4H3. The topological polar surface area (TPSA) is 0 Å². The molecule has 0 aliphatic rings. The third kappa shape index (κ3) is 2.40. The Morgan fingerprint density at radius 3 is 1.50 bits per heavy atom. The highest BCUT2D eigenvalue weighted by atomic mass is 32.1. The van der Waals surface area contributed by atoms with Gasteiger partial charge in [0.1, 0.15) is 0 Å². The molecular weight excluding hydrogens is 280 g/mol. The minimum Gasteiger partial charge on any atom is -0.143 e. The first kappa shape index (κ1) is 14.1. The summed E-state index contributed by atoms with van der Waals surface area (Å²) in [6.07, 6.45) is 2.37. The van der Waals surface area contributed by atoms with Crippen molar-refractivity contribution in [3.63, 3.8) is 0 Å². The number of hydrogen-bond acceptors (Lipinski definition) is 2. The van der Waals surface area contributed by atoms with Gasteiger partial charge in [-0.3, -0.25) is 0 Å². The minimum absolute atomic E-state index is 0.708. The number of thiophene rings is 2. The van der Waals surface area contributed by atoms with E-state index in [2.05, 4.69) is 50.6 Å². The summed E-state index contributed by atoms with van der Waals surface area (Å²) in [7, 11) is 0. The van der Waals surface area contributed by atoms with Crippen LogP contribution in [-0.4, -0.2) is 0 Å². The van der Waals surface area contributed by atoms with Gasteiger partial charge in [0.05, 0.1) is 0 Å². The molecular formula is C18H22S2. The summed E-state index contributed by atoms with van der Waals surface area (Å²) >= 11 is 3.84. The molecule has 0 radical (unpaired) electrons. The molecule has 0 aliphatic carbocycles. The highest BCUT2D eigenvalue weighted by Crippen LogP contribution is 2.40. The van der Waals surface area contributed by atoms with Crippen LogP contribution in [0.5, 0.6) is 0 Å². The van der Waals surface area contributed by atoms with Crippen molar-refractivity contribution in [1.29, 1.82) is 0 Å². The Balaban J connectivity index is 2.33. The van der Waals surface area contributed by atoms with Crippen LogP contribution in [0.2, 0.25) is 0 Å². The van der Waals surface area contributed by atoms with E-state index in [-0.39, 0.29) is 0 Å². The van der Waals surface area contributed by atoms with Gasteiger partial charge in [-0.2, -0.15) is 0 Å². The summed E-state index contributed by atoms with van der Waals surface area (Å²) in [5.74, 6) is 1.42. The zero-order valence-electron chi connectivity index (χ0n) is 12.7. The van der Waals surface area contributed by atoms with Crippen molar-refractivity contribution >= 4 is 42.8 Å².